The van der Waals surface area contributed by atoms with Crippen LogP contribution in [-0.2, 0) is 0 Å². The molecule has 3 heterocycles. The van der Waals surface area contributed by atoms with Crippen molar-refractivity contribution in [1.82, 2.24) is 19.4 Å². The summed E-state index contributed by atoms with van der Waals surface area (Å²) in [4.78, 5) is 22.1. The lowest BCUT2D eigenvalue weighted by molar-refractivity contribution is 0.0622. The molecule has 0 aliphatic carbocycles. The van der Waals surface area contributed by atoms with Gasteiger partial charge in [-0.05, 0) is 81.1 Å². The first-order chi connectivity index (χ1) is 14.1. The van der Waals surface area contributed by atoms with Crippen molar-refractivity contribution in [2.45, 2.75) is 37.8 Å². The smallest absolute Gasteiger partial charge is 0.253 e. The van der Waals surface area contributed by atoms with Crippen LogP contribution in [0.5, 0.6) is 0 Å². The molecule has 0 bridgehead atoms. The summed E-state index contributed by atoms with van der Waals surface area (Å²) in [7, 11) is 0. The maximum absolute atomic E-state index is 13.1. The Balaban J connectivity index is 1.37. The molecular weight excluding hydrogens is 380 g/mol. The van der Waals surface area contributed by atoms with E-state index in [1.807, 2.05) is 42.9 Å². The Bertz CT molecular complexity index is 811. The van der Waals surface area contributed by atoms with Gasteiger partial charge in [-0.15, -0.1) is 0 Å². The summed E-state index contributed by atoms with van der Waals surface area (Å²) in [5.41, 5.74) is 1.83. The number of thioether (sulfide) groups is 1. The normalized spacial score (nSPS) is 21.4. The average Bonchev–Trinajstić information content (AvgIpc) is 3.24. The van der Waals surface area contributed by atoms with E-state index in [2.05, 4.69) is 26.3 Å². The van der Waals surface area contributed by atoms with Gasteiger partial charge < -0.3 is 9.80 Å². The quantitative estimate of drug-likeness (QED) is 0.691. The van der Waals surface area contributed by atoms with E-state index in [9.17, 15) is 4.79 Å². The summed E-state index contributed by atoms with van der Waals surface area (Å²) in [6, 6.07) is 7.95. The zero-order valence-corrected chi connectivity index (χ0v) is 18.4. The van der Waals surface area contributed by atoms with E-state index in [0.717, 1.165) is 48.4 Å². The fourth-order valence-corrected chi connectivity index (χ4v) is 5.12. The molecule has 1 unspecified atom stereocenters. The van der Waals surface area contributed by atoms with Crippen molar-refractivity contribution in [2.75, 3.05) is 39.0 Å². The zero-order chi connectivity index (χ0) is 20.2. The van der Waals surface area contributed by atoms with E-state index in [-0.39, 0.29) is 5.91 Å². The van der Waals surface area contributed by atoms with Gasteiger partial charge in [0, 0.05) is 43.3 Å². The lowest BCUT2D eigenvalue weighted by Crippen LogP contribution is -2.45. The number of benzene rings is 1. The van der Waals surface area contributed by atoms with Crippen molar-refractivity contribution in [3.8, 4) is 5.69 Å². The molecule has 0 N–H and O–H groups in total. The third kappa shape index (κ3) is 4.86. The summed E-state index contributed by atoms with van der Waals surface area (Å²) in [6.07, 6.45) is 10.8. The number of rotatable bonds is 5. The third-order valence-corrected chi connectivity index (χ3v) is 7.05. The standard InChI is InChI=1S/C23H32N4OS/c1-18-9-13-25(14-10-18)16-19-4-3-12-26(17-19)22(28)20-5-7-21(8-6-20)27-15-11-24-23(27)29-2/h5-8,11,15,18-19H,3-4,9-10,12-14,16-17H2,1-2H3. The van der Waals surface area contributed by atoms with Crippen molar-refractivity contribution < 1.29 is 4.79 Å². The molecule has 156 valence electrons. The number of amides is 1. The number of piperidine rings is 2. The van der Waals surface area contributed by atoms with Crippen LogP contribution in [0.15, 0.2) is 41.8 Å². The van der Waals surface area contributed by atoms with E-state index in [1.54, 1.807) is 11.8 Å². The molecule has 6 heteroatoms. The SMILES string of the molecule is CSc1nccn1-c1ccc(C(=O)N2CCCC(CN3CCC(C)CC3)C2)cc1. The van der Waals surface area contributed by atoms with E-state index >= 15 is 0 Å². The Morgan fingerprint density at radius 3 is 2.62 bits per heavy atom. The highest BCUT2D eigenvalue weighted by Crippen LogP contribution is 2.24. The second-order valence-electron chi connectivity index (χ2n) is 8.57. The number of carbonyl (C=O) groups is 1. The molecule has 1 aromatic carbocycles. The monoisotopic (exact) mass is 412 g/mol. The highest BCUT2D eigenvalue weighted by molar-refractivity contribution is 7.98. The number of carbonyl (C=O) groups excluding carboxylic acids is 1. The number of imidazole rings is 1. The van der Waals surface area contributed by atoms with Gasteiger partial charge in [0.1, 0.15) is 0 Å². The van der Waals surface area contributed by atoms with Crippen molar-refractivity contribution in [2.24, 2.45) is 11.8 Å². The van der Waals surface area contributed by atoms with Crippen LogP contribution in [-0.4, -0.2) is 64.2 Å². The van der Waals surface area contributed by atoms with Crippen LogP contribution >= 0.6 is 11.8 Å². The van der Waals surface area contributed by atoms with Gasteiger partial charge >= 0.3 is 0 Å². The average molecular weight is 413 g/mol. The van der Waals surface area contributed by atoms with Gasteiger partial charge in [-0.2, -0.15) is 0 Å². The molecule has 4 rings (SSSR count). The highest BCUT2D eigenvalue weighted by atomic mass is 32.2. The van der Waals surface area contributed by atoms with Crippen molar-refractivity contribution in [3.63, 3.8) is 0 Å². The molecule has 1 aromatic heterocycles. The number of hydrogen-bond acceptors (Lipinski definition) is 4. The van der Waals surface area contributed by atoms with Gasteiger partial charge in [-0.25, -0.2) is 4.98 Å². The molecule has 0 spiro atoms. The van der Waals surface area contributed by atoms with Crippen LogP contribution in [0.4, 0.5) is 0 Å². The lowest BCUT2D eigenvalue weighted by Gasteiger charge is -2.38. The molecular formula is C23H32N4OS. The molecule has 29 heavy (non-hydrogen) atoms. The predicted molar refractivity (Wildman–Crippen MR) is 119 cm³/mol. The predicted octanol–water partition coefficient (Wildman–Crippen LogP) is 4.18. The number of hydrogen-bond donors (Lipinski definition) is 0. The summed E-state index contributed by atoms with van der Waals surface area (Å²) in [5.74, 6) is 1.65. The Morgan fingerprint density at radius 2 is 1.90 bits per heavy atom. The molecule has 1 amide bonds. The van der Waals surface area contributed by atoms with Crippen LogP contribution in [0, 0.1) is 11.8 Å². The van der Waals surface area contributed by atoms with Gasteiger partial charge in [0.2, 0.25) is 0 Å². The zero-order valence-electron chi connectivity index (χ0n) is 17.6. The maximum atomic E-state index is 13.1. The molecule has 2 aromatic rings. The maximum Gasteiger partial charge on any atom is 0.253 e. The van der Waals surface area contributed by atoms with Gasteiger partial charge in [-0.1, -0.05) is 18.7 Å². The van der Waals surface area contributed by atoms with Crippen LogP contribution in [0.25, 0.3) is 5.69 Å². The number of nitrogens with zero attached hydrogens (tertiary/aromatic N) is 4. The van der Waals surface area contributed by atoms with Gasteiger partial charge in [0.05, 0.1) is 0 Å². The lowest BCUT2D eigenvalue weighted by atomic mass is 9.94. The topological polar surface area (TPSA) is 41.4 Å². The fraction of sp³-hybridized carbons (Fsp3) is 0.565. The van der Waals surface area contributed by atoms with Crippen molar-refractivity contribution in [3.05, 3.63) is 42.2 Å². The minimum Gasteiger partial charge on any atom is -0.338 e. The van der Waals surface area contributed by atoms with E-state index in [1.165, 1.54) is 32.4 Å². The Kier molecular flexibility index (Phi) is 6.60. The minimum absolute atomic E-state index is 0.171. The number of aromatic nitrogens is 2. The second-order valence-corrected chi connectivity index (χ2v) is 9.35. The minimum atomic E-state index is 0.171. The molecule has 5 nitrogen and oxygen atoms in total. The molecule has 2 saturated heterocycles. The summed E-state index contributed by atoms with van der Waals surface area (Å²) < 4.78 is 2.05. The Labute approximate surface area is 178 Å². The van der Waals surface area contributed by atoms with Gasteiger partial charge in [0.25, 0.3) is 5.91 Å². The highest BCUT2D eigenvalue weighted by Gasteiger charge is 2.27. The first-order valence-corrected chi connectivity index (χ1v) is 12.1. The van der Waals surface area contributed by atoms with Crippen molar-refractivity contribution in [1.29, 1.82) is 0 Å². The Hall–Kier alpha value is -1.79. The first-order valence-electron chi connectivity index (χ1n) is 10.8. The second kappa shape index (κ2) is 9.35. The van der Waals surface area contributed by atoms with Gasteiger partial charge in [-0.3, -0.25) is 9.36 Å². The summed E-state index contributed by atoms with van der Waals surface area (Å²) >= 11 is 1.62. The third-order valence-electron chi connectivity index (χ3n) is 6.38. The molecule has 0 saturated carbocycles. The summed E-state index contributed by atoms with van der Waals surface area (Å²) in [6.45, 7) is 7.72. The fourth-order valence-electron chi connectivity index (χ4n) is 4.59. The molecule has 1 atom stereocenters. The van der Waals surface area contributed by atoms with Crippen LogP contribution in [0.1, 0.15) is 43.0 Å². The van der Waals surface area contributed by atoms with Crippen LogP contribution < -0.4 is 0 Å². The van der Waals surface area contributed by atoms with Gasteiger partial charge in [0.15, 0.2) is 5.16 Å². The van der Waals surface area contributed by atoms with E-state index in [0.29, 0.717) is 5.92 Å². The first kappa shape index (κ1) is 20.5. The molecule has 2 fully saturated rings. The Morgan fingerprint density at radius 1 is 1.14 bits per heavy atom. The largest absolute Gasteiger partial charge is 0.338 e. The van der Waals surface area contributed by atoms with Crippen LogP contribution in [0.2, 0.25) is 0 Å². The molecule has 0 radical (unpaired) electrons. The number of likely N-dealkylation sites (tertiary alicyclic amines) is 2. The molecule has 2 aliphatic heterocycles. The van der Waals surface area contributed by atoms with Crippen LogP contribution in [0.3, 0.4) is 0 Å². The van der Waals surface area contributed by atoms with Crippen molar-refractivity contribution >= 4 is 17.7 Å². The van der Waals surface area contributed by atoms with E-state index in [4.69, 9.17) is 0 Å². The van der Waals surface area contributed by atoms with E-state index < -0.39 is 0 Å². The summed E-state index contributed by atoms with van der Waals surface area (Å²) in [5, 5.41) is 0.954. The molecule has 2 aliphatic rings.